The summed E-state index contributed by atoms with van der Waals surface area (Å²) in [5.41, 5.74) is 2.38. The Labute approximate surface area is 140 Å². The smallest absolute Gasteiger partial charge is 0.123 e. The molecule has 0 saturated carbocycles. The first-order valence-electron chi connectivity index (χ1n) is 8.21. The van der Waals surface area contributed by atoms with E-state index in [1.54, 1.807) is 0 Å². The molecule has 0 amide bonds. The van der Waals surface area contributed by atoms with Crippen molar-refractivity contribution in [2.75, 3.05) is 0 Å². The summed E-state index contributed by atoms with van der Waals surface area (Å²) in [5, 5.41) is 0.744. The number of halogens is 2. The third kappa shape index (κ3) is 6.62. The van der Waals surface area contributed by atoms with E-state index < -0.39 is 0 Å². The molecule has 1 unspecified atom stereocenters. The van der Waals surface area contributed by atoms with Gasteiger partial charge in [-0.3, -0.25) is 0 Å². The van der Waals surface area contributed by atoms with Crippen molar-refractivity contribution in [1.82, 2.24) is 0 Å². The maximum Gasteiger partial charge on any atom is 0.123 e. The zero-order chi connectivity index (χ0) is 17.0. The summed E-state index contributed by atoms with van der Waals surface area (Å²) in [4.78, 5) is 0. The van der Waals surface area contributed by atoms with E-state index in [-0.39, 0.29) is 5.82 Å². The minimum absolute atomic E-state index is 0.190. The topological polar surface area (TPSA) is 0 Å². The highest BCUT2D eigenvalue weighted by Gasteiger charge is 2.13. The molecule has 0 aromatic heterocycles. The lowest BCUT2D eigenvalue weighted by Crippen LogP contribution is -2.00. The van der Waals surface area contributed by atoms with Crippen LogP contribution in [0.25, 0.3) is 0 Å². The van der Waals surface area contributed by atoms with Gasteiger partial charge in [-0.25, -0.2) is 4.39 Å². The number of hydrogen-bond acceptors (Lipinski definition) is 0. The first-order chi connectivity index (χ1) is 10.7. The van der Waals surface area contributed by atoms with Crippen LogP contribution in [0.2, 0.25) is 5.02 Å². The molecule has 2 rings (SSSR count). The lowest BCUT2D eigenvalue weighted by Gasteiger charge is -2.17. The number of hydrogen-bond donors (Lipinski definition) is 0. The van der Waals surface area contributed by atoms with Gasteiger partial charge in [-0.2, -0.15) is 0 Å². The number of benzene rings is 2. The predicted octanol–water partition coefficient (Wildman–Crippen LogP) is 7.46. The van der Waals surface area contributed by atoms with Crippen LogP contribution in [0.4, 0.5) is 4.39 Å². The lowest BCUT2D eigenvalue weighted by atomic mass is 9.88. The van der Waals surface area contributed by atoms with Crippen LogP contribution in [-0.4, -0.2) is 0 Å². The molecular formula is C20H28ClF. The Balaban J connectivity index is 0.00000102. The molecule has 0 saturated heterocycles. The van der Waals surface area contributed by atoms with Crippen molar-refractivity contribution in [2.24, 2.45) is 0 Å². The lowest BCUT2D eigenvalue weighted by molar-refractivity contribution is 0.624. The monoisotopic (exact) mass is 322 g/mol. The molecule has 0 nitrogen and oxygen atoms in total. The molecule has 1 atom stereocenters. The normalized spacial score (nSPS) is 10.7. The van der Waals surface area contributed by atoms with Crippen LogP contribution in [0.1, 0.15) is 64.5 Å². The van der Waals surface area contributed by atoms with Gasteiger partial charge in [0.1, 0.15) is 5.82 Å². The zero-order valence-corrected chi connectivity index (χ0v) is 15.1. The predicted molar refractivity (Wildman–Crippen MR) is 97.3 cm³/mol. The summed E-state index contributed by atoms with van der Waals surface area (Å²) < 4.78 is 13.0. The summed E-state index contributed by atoms with van der Waals surface area (Å²) >= 11 is 5.91. The second-order valence-corrected chi connectivity index (χ2v) is 4.88. The van der Waals surface area contributed by atoms with Crippen molar-refractivity contribution in [3.63, 3.8) is 0 Å². The minimum atomic E-state index is -0.190. The van der Waals surface area contributed by atoms with Gasteiger partial charge in [-0.15, -0.1) is 0 Å². The van der Waals surface area contributed by atoms with Crippen LogP contribution in [0.15, 0.2) is 48.5 Å². The van der Waals surface area contributed by atoms with Crippen LogP contribution in [0.5, 0.6) is 0 Å². The zero-order valence-electron chi connectivity index (χ0n) is 14.4. The highest BCUT2D eigenvalue weighted by atomic mass is 35.5. The van der Waals surface area contributed by atoms with E-state index >= 15 is 0 Å². The highest BCUT2D eigenvalue weighted by molar-refractivity contribution is 6.30. The fourth-order valence-corrected chi connectivity index (χ4v) is 2.33. The van der Waals surface area contributed by atoms with Crippen molar-refractivity contribution in [3.05, 3.63) is 70.5 Å². The summed E-state index contributed by atoms with van der Waals surface area (Å²) in [5.74, 6) is 0.123. The van der Waals surface area contributed by atoms with Crippen LogP contribution in [0, 0.1) is 5.82 Å². The van der Waals surface area contributed by atoms with Crippen molar-refractivity contribution in [1.29, 1.82) is 0 Å². The maximum absolute atomic E-state index is 13.0. The quantitative estimate of drug-likeness (QED) is 0.547. The fraction of sp³-hybridized carbons (Fsp3) is 0.400. The molecule has 0 fully saturated rings. The summed E-state index contributed by atoms with van der Waals surface area (Å²) in [6.07, 6.45) is 2.14. The molecule has 2 heteroatoms. The van der Waals surface area contributed by atoms with Gasteiger partial charge < -0.3 is 0 Å². The fourth-order valence-electron chi connectivity index (χ4n) is 2.20. The third-order valence-electron chi connectivity index (χ3n) is 3.12. The van der Waals surface area contributed by atoms with Gasteiger partial charge >= 0.3 is 0 Å². The van der Waals surface area contributed by atoms with Gasteiger partial charge in [0, 0.05) is 10.9 Å². The average Bonchev–Trinajstić information content (AvgIpc) is 2.58. The van der Waals surface area contributed by atoms with Gasteiger partial charge in [0.15, 0.2) is 0 Å². The summed E-state index contributed by atoms with van der Waals surface area (Å²) in [6.45, 7) is 10.2. The second kappa shape index (κ2) is 12.2. The number of rotatable bonds is 4. The average molecular weight is 323 g/mol. The molecule has 0 bridgehead atoms. The highest BCUT2D eigenvalue weighted by Crippen LogP contribution is 2.30. The second-order valence-electron chi connectivity index (χ2n) is 4.44. The van der Waals surface area contributed by atoms with Gasteiger partial charge in [0.25, 0.3) is 0 Å². The molecule has 22 heavy (non-hydrogen) atoms. The summed E-state index contributed by atoms with van der Waals surface area (Å²) in [6, 6.07) is 14.7. The van der Waals surface area contributed by atoms with Crippen LogP contribution >= 0.6 is 11.6 Å². The summed E-state index contributed by atoms with van der Waals surface area (Å²) in [7, 11) is 0. The van der Waals surface area contributed by atoms with Gasteiger partial charge in [-0.1, -0.05) is 76.9 Å². The molecule has 122 valence electrons. The molecule has 0 heterocycles. The Morgan fingerprint density at radius 3 is 1.64 bits per heavy atom. The van der Waals surface area contributed by atoms with Crippen LogP contribution < -0.4 is 0 Å². The van der Waals surface area contributed by atoms with E-state index in [9.17, 15) is 4.39 Å². The van der Waals surface area contributed by atoms with E-state index in [1.807, 2.05) is 64.1 Å². The first kappa shape index (κ1) is 20.7. The van der Waals surface area contributed by atoms with Crippen molar-refractivity contribution in [2.45, 2.75) is 53.4 Å². The molecule has 0 spiro atoms. The van der Waals surface area contributed by atoms with Gasteiger partial charge in [0.05, 0.1) is 0 Å². The Bertz CT molecular complexity index is 443. The maximum atomic E-state index is 13.0. The van der Waals surface area contributed by atoms with E-state index in [0.29, 0.717) is 5.92 Å². The molecule has 0 aliphatic heterocycles. The molecule has 0 N–H and O–H groups in total. The molecule has 0 radical (unpaired) electrons. The van der Waals surface area contributed by atoms with E-state index in [2.05, 4.69) is 6.92 Å². The van der Waals surface area contributed by atoms with Crippen LogP contribution in [0.3, 0.4) is 0 Å². The van der Waals surface area contributed by atoms with E-state index in [0.717, 1.165) is 23.4 Å². The molecular weight excluding hydrogens is 295 g/mol. The molecule has 2 aromatic rings. The Morgan fingerprint density at radius 2 is 1.23 bits per heavy atom. The largest absolute Gasteiger partial charge is 0.207 e. The SMILES string of the molecule is CC.CC.CCCC(c1ccc(F)cc1)c1ccc(Cl)cc1. The Kier molecular flexibility index (Phi) is 11.5. The van der Waals surface area contributed by atoms with Crippen molar-refractivity contribution in [3.8, 4) is 0 Å². The third-order valence-corrected chi connectivity index (χ3v) is 3.37. The molecule has 2 aromatic carbocycles. The van der Waals surface area contributed by atoms with Crippen LogP contribution in [-0.2, 0) is 0 Å². The van der Waals surface area contributed by atoms with Crippen molar-refractivity contribution < 1.29 is 4.39 Å². The molecule has 0 aliphatic carbocycles. The Hall–Kier alpha value is -1.34. The van der Waals surface area contributed by atoms with Gasteiger partial charge in [-0.05, 0) is 41.8 Å². The van der Waals surface area contributed by atoms with E-state index in [1.165, 1.54) is 17.7 Å². The van der Waals surface area contributed by atoms with Gasteiger partial charge in [0.2, 0.25) is 0 Å². The standard InChI is InChI=1S/C16H16ClF.2C2H6/c1-2-3-16(12-4-8-14(17)9-5-12)13-6-10-15(18)11-7-13;2*1-2/h4-11,16H,2-3H2,1H3;2*1-2H3. The minimum Gasteiger partial charge on any atom is -0.207 e. The molecule has 0 aliphatic rings. The van der Waals surface area contributed by atoms with Crippen molar-refractivity contribution >= 4 is 11.6 Å². The first-order valence-corrected chi connectivity index (χ1v) is 8.59. The Morgan fingerprint density at radius 1 is 0.818 bits per heavy atom. The van der Waals surface area contributed by atoms with E-state index in [4.69, 9.17) is 11.6 Å².